The maximum atomic E-state index is 5.01. The fraction of sp³-hybridized carbons (Fsp3) is 0.238. The molecule has 2 heterocycles. The van der Waals surface area contributed by atoms with Crippen molar-refractivity contribution in [2.45, 2.75) is 33.6 Å². The molecule has 2 aromatic heterocycles. The van der Waals surface area contributed by atoms with Gasteiger partial charge in [-0.25, -0.2) is 4.98 Å². The topological polar surface area (TPSA) is 25.8 Å². The van der Waals surface area contributed by atoms with Gasteiger partial charge in [0, 0.05) is 11.8 Å². The van der Waals surface area contributed by atoms with E-state index in [0.29, 0.717) is 0 Å². The Bertz CT molecular complexity index is 886. The molecule has 0 spiro atoms. The summed E-state index contributed by atoms with van der Waals surface area (Å²) >= 11 is 0. The highest BCUT2D eigenvalue weighted by Gasteiger charge is 2.19. The van der Waals surface area contributed by atoms with Crippen LogP contribution in [-0.2, 0) is 12.8 Å². The summed E-state index contributed by atoms with van der Waals surface area (Å²) in [5, 5.41) is 0. The number of fused-ring (bicyclic) bond motifs is 3. The predicted octanol–water partition coefficient (Wildman–Crippen LogP) is 4.83. The Morgan fingerprint density at radius 2 is 1.52 bits per heavy atom. The van der Waals surface area contributed by atoms with Gasteiger partial charge >= 0.3 is 0 Å². The molecule has 0 atom stereocenters. The smallest absolute Gasteiger partial charge is 0.0928 e. The summed E-state index contributed by atoms with van der Waals surface area (Å²) in [5.41, 5.74) is 10.9. The van der Waals surface area contributed by atoms with Crippen LogP contribution in [0.2, 0.25) is 0 Å². The number of hydrogen-bond donors (Lipinski definition) is 0. The molecule has 2 heteroatoms. The average molecular weight is 300 g/mol. The van der Waals surface area contributed by atoms with Crippen molar-refractivity contribution in [2.75, 3.05) is 0 Å². The van der Waals surface area contributed by atoms with Crippen molar-refractivity contribution in [2.24, 2.45) is 0 Å². The molecule has 0 aliphatic heterocycles. The SMILES string of the molecule is Cc1cc(C)c(-c2ccc3c(n2)-c2ncccc2CC3)c(C)c1. The Labute approximate surface area is 137 Å². The van der Waals surface area contributed by atoms with E-state index in [1.807, 2.05) is 12.3 Å². The van der Waals surface area contributed by atoms with Gasteiger partial charge in [0.2, 0.25) is 0 Å². The molecule has 0 bridgehead atoms. The van der Waals surface area contributed by atoms with Crippen molar-refractivity contribution in [3.05, 3.63) is 70.4 Å². The Morgan fingerprint density at radius 3 is 2.26 bits per heavy atom. The summed E-state index contributed by atoms with van der Waals surface area (Å²) in [5.74, 6) is 0. The number of pyridine rings is 2. The summed E-state index contributed by atoms with van der Waals surface area (Å²) in [6.07, 6.45) is 3.97. The molecule has 0 amide bonds. The maximum absolute atomic E-state index is 5.01. The van der Waals surface area contributed by atoms with Crippen LogP contribution in [0.25, 0.3) is 22.6 Å². The zero-order chi connectivity index (χ0) is 16.0. The van der Waals surface area contributed by atoms with Crippen LogP contribution in [0.4, 0.5) is 0 Å². The Kier molecular flexibility index (Phi) is 3.26. The quantitative estimate of drug-likeness (QED) is 0.643. The summed E-state index contributed by atoms with van der Waals surface area (Å²) in [4.78, 5) is 9.61. The highest BCUT2D eigenvalue weighted by Crippen LogP contribution is 2.34. The lowest BCUT2D eigenvalue weighted by molar-refractivity contribution is 0.913. The lowest BCUT2D eigenvalue weighted by atomic mass is 9.91. The lowest BCUT2D eigenvalue weighted by Gasteiger charge is -2.19. The fourth-order valence-electron chi connectivity index (χ4n) is 3.74. The number of rotatable bonds is 1. The van der Waals surface area contributed by atoms with E-state index >= 15 is 0 Å². The van der Waals surface area contributed by atoms with Crippen LogP contribution in [0.15, 0.2) is 42.6 Å². The van der Waals surface area contributed by atoms with Crippen LogP contribution in [0.5, 0.6) is 0 Å². The largest absolute Gasteiger partial charge is 0.254 e. The minimum absolute atomic E-state index is 1.05. The van der Waals surface area contributed by atoms with Crippen molar-refractivity contribution in [1.29, 1.82) is 0 Å². The molecule has 2 nitrogen and oxygen atoms in total. The first kappa shape index (κ1) is 14.1. The van der Waals surface area contributed by atoms with Crippen LogP contribution < -0.4 is 0 Å². The van der Waals surface area contributed by atoms with Crippen molar-refractivity contribution in [3.8, 4) is 22.6 Å². The molecule has 0 radical (unpaired) electrons. The average Bonchev–Trinajstić information content (AvgIpc) is 2.54. The van der Waals surface area contributed by atoms with Gasteiger partial charge in [0.05, 0.1) is 17.1 Å². The van der Waals surface area contributed by atoms with Crippen molar-refractivity contribution >= 4 is 0 Å². The summed E-state index contributed by atoms with van der Waals surface area (Å²) in [6, 6.07) is 13.0. The van der Waals surface area contributed by atoms with E-state index in [2.05, 4.69) is 56.1 Å². The summed E-state index contributed by atoms with van der Waals surface area (Å²) < 4.78 is 0. The predicted molar refractivity (Wildman–Crippen MR) is 94.5 cm³/mol. The van der Waals surface area contributed by atoms with Crippen molar-refractivity contribution in [1.82, 2.24) is 9.97 Å². The van der Waals surface area contributed by atoms with Gasteiger partial charge in [0.25, 0.3) is 0 Å². The molecule has 0 N–H and O–H groups in total. The van der Waals surface area contributed by atoms with E-state index in [4.69, 9.17) is 4.98 Å². The summed E-state index contributed by atoms with van der Waals surface area (Å²) in [6.45, 7) is 6.48. The van der Waals surface area contributed by atoms with Gasteiger partial charge in [-0.05, 0) is 68.0 Å². The molecule has 1 aliphatic rings. The fourth-order valence-corrected chi connectivity index (χ4v) is 3.74. The molecule has 0 saturated carbocycles. The molecular weight excluding hydrogens is 280 g/mol. The second kappa shape index (κ2) is 5.31. The third kappa shape index (κ3) is 2.35. The van der Waals surface area contributed by atoms with E-state index in [1.165, 1.54) is 33.4 Å². The minimum atomic E-state index is 1.05. The number of nitrogens with zero attached hydrogens (tertiary/aromatic N) is 2. The monoisotopic (exact) mass is 300 g/mol. The van der Waals surface area contributed by atoms with E-state index < -0.39 is 0 Å². The molecule has 0 unspecified atom stereocenters. The van der Waals surface area contributed by atoms with Crippen molar-refractivity contribution in [3.63, 3.8) is 0 Å². The van der Waals surface area contributed by atoms with Crippen LogP contribution in [0.1, 0.15) is 27.8 Å². The lowest BCUT2D eigenvalue weighted by Crippen LogP contribution is -2.08. The molecule has 23 heavy (non-hydrogen) atoms. The van der Waals surface area contributed by atoms with Crippen LogP contribution in [0.3, 0.4) is 0 Å². The second-order valence-electron chi connectivity index (χ2n) is 6.49. The van der Waals surface area contributed by atoms with Gasteiger partial charge in [-0.2, -0.15) is 0 Å². The number of benzene rings is 1. The van der Waals surface area contributed by atoms with E-state index in [0.717, 1.165) is 29.9 Å². The van der Waals surface area contributed by atoms with Gasteiger partial charge < -0.3 is 0 Å². The van der Waals surface area contributed by atoms with Crippen molar-refractivity contribution < 1.29 is 0 Å². The van der Waals surface area contributed by atoms with Crippen LogP contribution in [0, 0.1) is 20.8 Å². The second-order valence-corrected chi connectivity index (χ2v) is 6.49. The summed E-state index contributed by atoms with van der Waals surface area (Å²) in [7, 11) is 0. The molecule has 114 valence electrons. The molecular formula is C21H20N2. The first-order chi connectivity index (χ1) is 11.1. The van der Waals surface area contributed by atoms with E-state index in [-0.39, 0.29) is 0 Å². The van der Waals surface area contributed by atoms with E-state index in [9.17, 15) is 0 Å². The first-order valence-corrected chi connectivity index (χ1v) is 8.16. The standard InChI is InChI=1S/C21H20N2/c1-13-11-14(2)19(15(3)12-13)18-9-8-17-7-6-16-5-4-10-22-20(16)21(17)23-18/h4-5,8-12H,6-7H2,1-3H3. The number of hydrogen-bond acceptors (Lipinski definition) is 2. The zero-order valence-corrected chi connectivity index (χ0v) is 13.9. The third-order valence-electron chi connectivity index (χ3n) is 4.69. The first-order valence-electron chi connectivity index (χ1n) is 8.16. The Balaban J connectivity index is 1.92. The van der Waals surface area contributed by atoms with Crippen LogP contribution in [-0.4, -0.2) is 9.97 Å². The van der Waals surface area contributed by atoms with Gasteiger partial charge in [0.15, 0.2) is 0 Å². The van der Waals surface area contributed by atoms with Gasteiger partial charge in [0.1, 0.15) is 0 Å². The molecule has 1 aromatic carbocycles. The molecule has 4 rings (SSSR count). The molecule has 0 saturated heterocycles. The van der Waals surface area contributed by atoms with Crippen LogP contribution >= 0.6 is 0 Å². The molecule has 3 aromatic rings. The normalized spacial score (nSPS) is 12.7. The molecule has 1 aliphatic carbocycles. The highest BCUT2D eigenvalue weighted by atomic mass is 14.8. The number of aryl methyl sites for hydroxylation is 5. The molecule has 0 fully saturated rings. The van der Waals surface area contributed by atoms with Gasteiger partial charge in [-0.15, -0.1) is 0 Å². The Morgan fingerprint density at radius 1 is 0.826 bits per heavy atom. The van der Waals surface area contributed by atoms with Gasteiger partial charge in [-0.1, -0.05) is 29.8 Å². The Hall–Kier alpha value is -2.48. The maximum Gasteiger partial charge on any atom is 0.0928 e. The highest BCUT2D eigenvalue weighted by molar-refractivity contribution is 5.73. The third-order valence-corrected chi connectivity index (χ3v) is 4.69. The number of aromatic nitrogens is 2. The van der Waals surface area contributed by atoms with Gasteiger partial charge in [-0.3, -0.25) is 4.98 Å². The zero-order valence-electron chi connectivity index (χ0n) is 13.9. The minimum Gasteiger partial charge on any atom is -0.254 e. The van der Waals surface area contributed by atoms with E-state index in [1.54, 1.807) is 0 Å².